The molecule has 0 atom stereocenters. The number of nitrogens with one attached hydrogen (secondary N) is 2. The predicted octanol–water partition coefficient (Wildman–Crippen LogP) is 2.51. The molecule has 1 rings (SSSR count). The highest BCUT2D eigenvalue weighted by molar-refractivity contribution is 5.96. The Morgan fingerprint density at radius 1 is 1.18 bits per heavy atom. The fourth-order valence-corrected chi connectivity index (χ4v) is 1.43. The van der Waals surface area contributed by atoms with Crippen LogP contribution in [0.4, 0.5) is 18.9 Å². The van der Waals surface area contributed by atoms with Crippen LogP contribution < -0.4 is 10.6 Å². The normalized spacial score (nSPS) is 11.9. The van der Waals surface area contributed by atoms with Gasteiger partial charge in [-0.2, -0.15) is 13.2 Å². The summed E-state index contributed by atoms with van der Waals surface area (Å²) in [6.45, 7) is 4.54. The first-order valence-corrected chi connectivity index (χ1v) is 6.39. The van der Waals surface area contributed by atoms with Crippen LogP contribution in [-0.2, 0) is 15.8 Å². The van der Waals surface area contributed by atoms with Crippen molar-refractivity contribution in [1.29, 1.82) is 0 Å². The summed E-state index contributed by atoms with van der Waals surface area (Å²) in [5.74, 6) is -1.62. The minimum absolute atomic E-state index is 0.371. The minimum Gasteiger partial charge on any atom is -0.506 e. The Hall–Kier alpha value is -2.25. The monoisotopic (exact) mass is 318 g/mol. The van der Waals surface area contributed by atoms with Crippen LogP contribution in [-0.4, -0.2) is 23.5 Å². The molecule has 0 radical (unpaired) electrons. The SMILES string of the molecule is CC(C)(C)C(=O)NCC(=O)Nc1cc(C(F)(F)F)ccc1O. The quantitative estimate of drug-likeness (QED) is 0.749. The molecule has 0 bridgehead atoms. The van der Waals surface area contributed by atoms with Gasteiger partial charge < -0.3 is 15.7 Å². The molecule has 0 heterocycles. The van der Waals surface area contributed by atoms with Gasteiger partial charge in [0.15, 0.2) is 0 Å². The van der Waals surface area contributed by atoms with Crippen LogP contribution in [0.15, 0.2) is 18.2 Å². The summed E-state index contributed by atoms with van der Waals surface area (Å²) in [6.07, 6.45) is -4.59. The van der Waals surface area contributed by atoms with Crippen molar-refractivity contribution in [1.82, 2.24) is 5.32 Å². The number of aromatic hydroxyl groups is 1. The second-order valence-corrected chi connectivity index (χ2v) is 5.71. The van der Waals surface area contributed by atoms with E-state index in [1.165, 1.54) is 0 Å². The van der Waals surface area contributed by atoms with Crippen LogP contribution in [0.25, 0.3) is 0 Å². The average Bonchev–Trinajstić information content (AvgIpc) is 2.36. The highest BCUT2D eigenvalue weighted by Gasteiger charge is 2.31. The number of hydrogen-bond donors (Lipinski definition) is 3. The highest BCUT2D eigenvalue weighted by Crippen LogP contribution is 2.34. The molecule has 0 fully saturated rings. The zero-order valence-corrected chi connectivity index (χ0v) is 12.3. The molecule has 5 nitrogen and oxygen atoms in total. The lowest BCUT2D eigenvalue weighted by atomic mass is 9.96. The largest absolute Gasteiger partial charge is 0.506 e. The lowest BCUT2D eigenvalue weighted by Gasteiger charge is -2.17. The third-order valence-electron chi connectivity index (χ3n) is 2.69. The highest BCUT2D eigenvalue weighted by atomic mass is 19.4. The van der Waals surface area contributed by atoms with Crippen LogP contribution in [0.1, 0.15) is 26.3 Å². The number of phenols is 1. The van der Waals surface area contributed by atoms with Gasteiger partial charge in [0.05, 0.1) is 17.8 Å². The number of anilines is 1. The van der Waals surface area contributed by atoms with Gasteiger partial charge in [-0.3, -0.25) is 9.59 Å². The van der Waals surface area contributed by atoms with Crippen LogP contribution in [0, 0.1) is 5.41 Å². The zero-order valence-electron chi connectivity index (χ0n) is 12.3. The number of phenolic OH excluding ortho intramolecular Hbond substituents is 1. The smallest absolute Gasteiger partial charge is 0.416 e. The van der Waals surface area contributed by atoms with Gasteiger partial charge in [0, 0.05) is 5.41 Å². The number of rotatable bonds is 3. The lowest BCUT2D eigenvalue weighted by Crippen LogP contribution is -2.39. The molecule has 0 aliphatic carbocycles. The summed E-state index contributed by atoms with van der Waals surface area (Å²) in [6, 6.07) is 2.16. The Labute approximate surface area is 125 Å². The van der Waals surface area contributed by atoms with Crippen molar-refractivity contribution in [2.45, 2.75) is 26.9 Å². The van der Waals surface area contributed by atoms with Crippen LogP contribution >= 0.6 is 0 Å². The number of benzene rings is 1. The molecule has 0 aromatic heterocycles. The minimum atomic E-state index is -4.59. The Bertz CT molecular complexity index is 578. The van der Waals surface area contributed by atoms with Gasteiger partial charge in [-0.15, -0.1) is 0 Å². The maximum atomic E-state index is 12.6. The second kappa shape index (κ2) is 6.25. The van der Waals surface area contributed by atoms with Gasteiger partial charge in [-0.25, -0.2) is 0 Å². The van der Waals surface area contributed by atoms with Crippen LogP contribution in [0.5, 0.6) is 5.75 Å². The first-order chi connectivity index (χ1) is 9.91. The Morgan fingerprint density at radius 3 is 2.27 bits per heavy atom. The Morgan fingerprint density at radius 2 is 1.77 bits per heavy atom. The van der Waals surface area contributed by atoms with E-state index < -0.39 is 35.4 Å². The van der Waals surface area contributed by atoms with Gasteiger partial charge in [-0.1, -0.05) is 20.8 Å². The molecule has 0 aliphatic heterocycles. The van der Waals surface area contributed by atoms with Crippen LogP contribution in [0.2, 0.25) is 0 Å². The van der Waals surface area contributed by atoms with E-state index >= 15 is 0 Å². The molecule has 0 saturated carbocycles. The summed E-state index contributed by atoms with van der Waals surface area (Å²) in [7, 11) is 0. The summed E-state index contributed by atoms with van der Waals surface area (Å²) < 4.78 is 37.7. The van der Waals surface area contributed by atoms with Crippen molar-refractivity contribution in [3.05, 3.63) is 23.8 Å². The van der Waals surface area contributed by atoms with E-state index in [4.69, 9.17) is 0 Å². The molecule has 1 aromatic rings. The molecule has 1 aromatic carbocycles. The Kier molecular flexibility index (Phi) is 5.05. The summed E-state index contributed by atoms with van der Waals surface area (Å²) in [4.78, 5) is 23.2. The topological polar surface area (TPSA) is 78.4 Å². The molecule has 0 saturated heterocycles. The Balaban J connectivity index is 2.75. The van der Waals surface area contributed by atoms with E-state index in [9.17, 15) is 27.9 Å². The molecule has 0 spiro atoms. The van der Waals surface area contributed by atoms with E-state index in [2.05, 4.69) is 10.6 Å². The first-order valence-electron chi connectivity index (χ1n) is 6.39. The van der Waals surface area contributed by atoms with Gasteiger partial charge >= 0.3 is 6.18 Å². The summed E-state index contributed by atoms with van der Waals surface area (Å²) >= 11 is 0. The standard InChI is InChI=1S/C14H17F3N2O3/c1-13(2,3)12(22)18-7-11(21)19-9-6-8(14(15,16)17)4-5-10(9)20/h4-6,20H,7H2,1-3H3,(H,18,22)(H,19,21). The maximum absolute atomic E-state index is 12.6. The van der Waals surface area contributed by atoms with Crippen molar-refractivity contribution >= 4 is 17.5 Å². The number of carbonyl (C=O) groups is 2. The third-order valence-corrected chi connectivity index (χ3v) is 2.69. The van der Waals surface area contributed by atoms with Crippen molar-refractivity contribution in [2.75, 3.05) is 11.9 Å². The molecule has 0 unspecified atom stereocenters. The molecule has 0 aliphatic rings. The van der Waals surface area contributed by atoms with Crippen molar-refractivity contribution in [3.8, 4) is 5.75 Å². The summed E-state index contributed by atoms with van der Waals surface area (Å²) in [5, 5.41) is 14.0. The average molecular weight is 318 g/mol. The fraction of sp³-hybridized carbons (Fsp3) is 0.429. The van der Waals surface area contributed by atoms with Gasteiger partial charge in [0.2, 0.25) is 11.8 Å². The third kappa shape index (κ3) is 4.94. The molecule has 8 heteroatoms. The lowest BCUT2D eigenvalue weighted by molar-refractivity contribution is -0.137. The van der Waals surface area contributed by atoms with Crippen molar-refractivity contribution in [3.63, 3.8) is 0 Å². The predicted molar refractivity (Wildman–Crippen MR) is 74.2 cm³/mol. The van der Waals surface area contributed by atoms with E-state index in [1.807, 2.05) is 0 Å². The number of halogens is 3. The number of amides is 2. The molecular formula is C14H17F3N2O3. The number of alkyl halides is 3. The van der Waals surface area contributed by atoms with Gasteiger partial charge in [-0.05, 0) is 18.2 Å². The summed E-state index contributed by atoms with van der Waals surface area (Å²) in [5.41, 5.74) is -2.07. The van der Waals surface area contributed by atoms with Gasteiger partial charge in [0.1, 0.15) is 5.75 Å². The van der Waals surface area contributed by atoms with Gasteiger partial charge in [0.25, 0.3) is 0 Å². The van der Waals surface area contributed by atoms with Crippen LogP contribution in [0.3, 0.4) is 0 Å². The molecule has 22 heavy (non-hydrogen) atoms. The van der Waals surface area contributed by atoms with E-state index in [1.54, 1.807) is 20.8 Å². The van der Waals surface area contributed by atoms with Crippen molar-refractivity contribution in [2.24, 2.45) is 5.41 Å². The number of hydrogen-bond acceptors (Lipinski definition) is 3. The molecular weight excluding hydrogens is 301 g/mol. The fourth-order valence-electron chi connectivity index (χ4n) is 1.43. The molecule has 3 N–H and O–H groups in total. The first kappa shape index (κ1) is 17.8. The maximum Gasteiger partial charge on any atom is 0.416 e. The molecule has 122 valence electrons. The second-order valence-electron chi connectivity index (χ2n) is 5.71. The van der Waals surface area contributed by atoms with E-state index in [0.29, 0.717) is 12.1 Å². The van der Waals surface area contributed by atoms with Crippen molar-refractivity contribution < 1.29 is 27.9 Å². The number of carbonyl (C=O) groups excluding carboxylic acids is 2. The van der Waals surface area contributed by atoms with E-state index in [0.717, 1.165) is 6.07 Å². The van der Waals surface area contributed by atoms with E-state index in [-0.39, 0.29) is 11.6 Å². The molecule has 2 amide bonds. The zero-order chi connectivity index (χ0) is 17.1.